The minimum atomic E-state index is -0.801. The van der Waals surface area contributed by atoms with E-state index in [1.807, 2.05) is 0 Å². The Labute approximate surface area is 218 Å². The molecule has 1 saturated heterocycles. The van der Waals surface area contributed by atoms with Gasteiger partial charge in [0.25, 0.3) is 17.5 Å². The molecule has 1 aromatic heterocycles. The van der Waals surface area contributed by atoms with Crippen molar-refractivity contribution in [3.05, 3.63) is 93.3 Å². The van der Waals surface area contributed by atoms with E-state index >= 15 is 0 Å². The van der Waals surface area contributed by atoms with Gasteiger partial charge in [-0.25, -0.2) is 14.0 Å². The summed E-state index contributed by atoms with van der Waals surface area (Å²) < 4.78 is 28.7. The Balaban J connectivity index is 1.52. The molecule has 0 aliphatic carbocycles. The van der Waals surface area contributed by atoms with Gasteiger partial charge in [-0.1, -0.05) is 6.07 Å². The number of nitrogens with zero attached hydrogens (tertiary/aromatic N) is 2. The number of hydrogen-bond donors (Lipinski definition) is 2. The molecule has 1 aliphatic rings. The van der Waals surface area contributed by atoms with Crippen LogP contribution in [0.3, 0.4) is 0 Å². The van der Waals surface area contributed by atoms with Gasteiger partial charge in [0.15, 0.2) is 6.61 Å². The zero-order valence-corrected chi connectivity index (χ0v) is 20.1. The van der Waals surface area contributed by atoms with Gasteiger partial charge in [0.2, 0.25) is 5.76 Å². The lowest BCUT2D eigenvalue weighted by molar-refractivity contribution is -0.384. The minimum Gasteiger partial charge on any atom is -0.483 e. The molecule has 14 heteroatoms. The van der Waals surface area contributed by atoms with Gasteiger partial charge in [-0.05, 0) is 42.5 Å². The highest BCUT2D eigenvalue weighted by molar-refractivity contribution is 6.14. The summed E-state index contributed by atoms with van der Waals surface area (Å²) >= 11 is 0. The van der Waals surface area contributed by atoms with Gasteiger partial charge >= 0.3 is 12.0 Å². The normalized spacial score (nSPS) is 13.8. The maximum Gasteiger partial charge on any atom is 0.373 e. The summed E-state index contributed by atoms with van der Waals surface area (Å²) in [6, 6.07) is 10.6. The first-order chi connectivity index (χ1) is 18.6. The number of nitro groups is 1. The highest BCUT2D eigenvalue weighted by Crippen LogP contribution is 2.28. The van der Waals surface area contributed by atoms with Crippen LogP contribution >= 0.6 is 0 Å². The van der Waals surface area contributed by atoms with Crippen LogP contribution in [0.25, 0.3) is 6.08 Å². The lowest BCUT2D eigenvalue weighted by atomic mass is 10.1. The van der Waals surface area contributed by atoms with Crippen molar-refractivity contribution >= 4 is 41.3 Å². The monoisotopic (exact) mass is 538 g/mol. The van der Waals surface area contributed by atoms with Crippen molar-refractivity contribution in [2.24, 2.45) is 0 Å². The number of benzene rings is 2. The molecule has 0 atom stereocenters. The number of anilines is 1. The van der Waals surface area contributed by atoms with Crippen LogP contribution in [0.15, 0.2) is 64.7 Å². The number of methoxy groups -OCH3 is 1. The van der Waals surface area contributed by atoms with Crippen LogP contribution in [0.1, 0.15) is 21.9 Å². The van der Waals surface area contributed by atoms with E-state index in [1.165, 1.54) is 43.5 Å². The molecule has 3 aromatic rings. The highest BCUT2D eigenvalue weighted by atomic mass is 19.1. The number of amides is 4. The molecule has 0 radical (unpaired) electrons. The summed E-state index contributed by atoms with van der Waals surface area (Å²) in [7, 11) is 1.17. The molecule has 0 saturated carbocycles. The summed E-state index contributed by atoms with van der Waals surface area (Å²) in [6.45, 7) is -0.852. The summed E-state index contributed by atoms with van der Waals surface area (Å²) in [4.78, 5) is 60.7. The molecular formula is C25H19FN4O9. The molecule has 4 amide bonds. The third-order valence-electron chi connectivity index (χ3n) is 5.30. The summed E-state index contributed by atoms with van der Waals surface area (Å²) in [5.74, 6) is -2.69. The van der Waals surface area contributed by atoms with E-state index in [9.17, 15) is 33.7 Å². The first kappa shape index (κ1) is 26.5. The lowest BCUT2D eigenvalue weighted by Crippen LogP contribution is -2.30. The van der Waals surface area contributed by atoms with Gasteiger partial charge in [0, 0.05) is 23.4 Å². The van der Waals surface area contributed by atoms with Gasteiger partial charge in [-0.2, -0.15) is 0 Å². The Morgan fingerprint density at radius 1 is 1.18 bits per heavy atom. The fourth-order valence-corrected chi connectivity index (χ4v) is 3.50. The molecule has 0 bridgehead atoms. The van der Waals surface area contributed by atoms with E-state index < -0.39 is 41.2 Å². The van der Waals surface area contributed by atoms with Crippen molar-refractivity contribution in [1.82, 2.24) is 10.2 Å². The van der Waals surface area contributed by atoms with E-state index in [0.717, 1.165) is 29.2 Å². The van der Waals surface area contributed by atoms with Crippen LogP contribution in [0, 0.1) is 15.9 Å². The molecular weight excluding hydrogens is 519 g/mol. The van der Waals surface area contributed by atoms with Crippen LogP contribution in [0.2, 0.25) is 0 Å². The van der Waals surface area contributed by atoms with Gasteiger partial charge in [-0.3, -0.25) is 24.6 Å². The molecule has 1 aliphatic heterocycles. The van der Waals surface area contributed by atoms with Gasteiger partial charge in [0.05, 0.1) is 18.6 Å². The van der Waals surface area contributed by atoms with Crippen molar-refractivity contribution in [1.29, 1.82) is 0 Å². The van der Waals surface area contributed by atoms with Gasteiger partial charge in [0.1, 0.15) is 23.0 Å². The summed E-state index contributed by atoms with van der Waals surface area (Å²) in [6.07, 6.45) is 1.16. The minimum absolute atomic E-state index is 0.00301. The smallest absolute Gasteiger partial charge is 0.373 e. The number of carbonyl (C=O) groups is 4. The van der Waals surface area contributed by atoms with Crippen molar-refractivity contribution in [2.45, 2.75) is 6.54 Å². The number of furan rings is 1. The van der Waals surface area contributed by atoms with Gasteiger partial charge in [-0.15, -0.1) is 0 Å². The van der Waals surface area contributed by atoms with Crippen LogP contribution < -0.4 is 15.4 Å². The summed E-state index contributed by atoms with van der Waals surface area (Å²) in [5.41, 5.74) is -0.337. The number of imide groups is 1. The number of non-ortho nitro benzene ring substituents is 1. The Hall–Kier alpha value is -5.53. The second-order valence-corrected chi connectivity index (χ2v) is 7.96. The van der Waals surface area contributed by atoms with E-state index in [2.05, 4.69) is 15.4 Å². The fourth-order valence-electron chi connectivity index (χ4n) is 3.50. The second kappa shape index (κ2) is 11.2. The predicted molar refractivity (Wildman–Crippen MR) is 131 cm³/mol. The number of halogens is 1. The number of esters is 1. The Morgan fingerprint density at radius 3 is 2.69 bits per heavy atom. The first-order valence-electron chi connectivity index (χ1n) is 11.1. The number of nitro benzene ring substituents is 1. The number of urea groups is 1. The topological polar surface area (TPSA) is 170 Å². The number of carbonyl (C=O) groups excluding carboxylic acids is 4. The molecule has 39 heavy (non-hydrogen) atoms. The molecule has 4 rings (SSSR count). The highest BCUT2D eigenvalue weighted by Gasteiger charge is 2.34. The molecule has 2 N–H and O–H groups in total. The molecule has 0 unspecified atom stereocenters. The fraction of sp³-hybridized carbons (Fsp3) is 0.120. The molecule has 13 nitrogen and oxygen atoms in total. The number of nitrogens with one attached hydrogen (secondary N) is 2. The van der Waals surface area contributed by atoms with Crippen LogP contribution in [-0.2, 0) is 20.9 Å². The molecule has 0 spiro atoms. The summed E-state index contributed by atoms with van der Waals surface area (Å²) in [5, 5.41) is 16.1. The largest absolute Gasteiger partial charge is 0.483 e. The zero-order chi connectivity index (χ0) is 28.1. The van der Waals surface area contributed by atoms with Crippen molar-refractivity contribution in [3.8, 4) is 5.75 Å². The molecule has 200 valence electrons. The van der Waals surface area contributed by atoms with E-state index in [-0.39, 0.29) is 46.5 Å². The van der Waals surface area contributed by atoms with Crippen LogP contribution in [0.4, 0.5) is 20.6 Å². The Morgan fingerprint density at radius 2 is 1.97 bits per heavy atom. The first-order valence-corrected chi connectivity index (χ1v) is 11.1. The second-order valence-electron chi connectivity index (χ2n) is 7.96. The van der Waals surface area contributed by atoms with E-state index in [1.54, 1.807) is 0 Å². The molecule has 2 heterocycles. The standard InChI is InChI=1S/C25H19FN4O9/c1-37-24(33)21-8-6-18(39-21)12-29-23(32)19(28-25(29)34)10-14-9-17(30(35)36)5-7-20(14)38-13-22(31)27-16-4-2-3-15(26)11-16/h2-11H,12-13H2,1H3,(H,27,31)(H,28,34)/b19-10-. The van der Waals surface area contributed by atoms with Crippen molar-refractivity contribution < 1.29 is 42.4 Å². The third kappa shape index (κ3) is 6.25. The molecule has 1 fully saturated rings. The predicted octanol–water partition coefficient (Wildman–Crippen LogP) is 3.22. The van der Waals surface area contributed by atoms with Crippen molar-refractivity contribution in [2.75, 3.05) is 19.0 Å². The Bertz CT molecular complexity index is 1510. The quantitative estimate of drug-likeness (QED) is 0.136. The lowest BCUT2D eigenvalue weighted by Gasteiger charge is -2.11. The van der Waals surface area contributed by atoms with Crippen LogP contribution in [0.5, 0.6) is 5.75 Å². The molecule has 2 aromatic carbocycles. The zero-order valence-electron chi connectivity index (χ0n) is 20.1. The number of rotatable bonds is 9. The SMILES string of the molecule is COC(=O)c1ccc(CN2C(=O)N/C(=C\c3cc([N+](=O)[O-])ccc3OCC(=O)Nc3cccc(F)c3)C2=O)o1. The van der Waals surface area contributed by atoms with Gasteiger partial charge < -0.3 is 24.5 Å². The number of ether oxygens (including phenoxy) is 2. The maximum absolute atomic E-state index is 13.3. The Kier molecular flexibility index (Phi) is 7.65. The van der Waals surface area contributed by atoms with Crippen LogP contribution in [-0.4, -0.2) is 47.4 Å². The van der Waals surface area contributed by atoms with E-state index in [4.69, 9.17) is 9.15 Å². The maximum atomic E-state index is 13.3. The third-order valence-corrected chi connectivity index (χ3v) is 5.30. The average Bonchev–Trinajstić information content (AvgIpc) is 3.47. The van der Waals surface area contributed by atoms with E-state index in [0.29, 0.717) is 0 Å². The average molecular weight is 538 g/mol. The number of hydrogen-bond acceptors (Lipinski definition) is 9. The van der Waals surface area contributed by atoms with Crippen molar-refractivity contribution in [3.63, 3.8) is 0 Å².